The van der Waals surface area contributed by atoms with Gasteiger partial charge in [-0.1, -0.05) is 74.5 Å². The molecular weight excluding hydrogens is 1250 g/mol. The van der Waals surface area contributed by atoms with E-state index in [4.69, 9.17) is 40.1 Å². The molecule has 4 rings (SSSR count). The van der Waals surface area contributed by atoms with E-state index in [9.17, 15) is 62.3 Å². The molecule has 2 aromatic rings. The fourth-order valence-electron chi connectivity index (χ4n) is 11.0. The molecule has 13 amide bonds. The van der Waals surface area contributed by atoms with Crippen LogP contribution in [-0.4, -0.2) is 198 Å². The number of amides is 13. The highest BCUT2D eigenvalue weighted by atomic mass is 32.2. The van der Waals surface area contributed by atoms with Gasteiger partial charge in [-0.2, -0.15) is 11.8 Å². The lowest BCUT2D eigenvalue weighted by atomic mass is 10.0. The van der Waals surface area contributed by atoms with Gasteiger partial charge >= 0.3 is 0 Å². The summed E-state index contributed by atoms with van der Waals surface area (Å²) in [5, 5.41) is 21.1. The van der Waals surface area contributed by atoms with Gasteiger partial charge in [-0.05, 0) is 119 Å². The van der Waals surface area contributed by atoms with Gasteiger partial charge in [-0.3, -0.25) is 67.3 Å². The Hall–Kier alpha value is -8.91. The minimum atomic E-state index is -1.64. The van der Waals surface area contributed by atoms with Crippen molar-refractivity contribution in [2.24, 2.45) is 51.0 Å². The molecule has 2 aliphatic rings. The van der Waals surface area contributed by atoms with Crippen LogP contribution in [0.1, 0.15) is 121 Å². The normalized spacial score (nSPS) is 16.8. The molecule has 524 valence electrons. The van der Waals surface area contributed by atoms with E-state index >= 15 is 0 Å². The molecule has 0 spiro atoms. The van der Waals surface area contributed by atoms with Crippen LogP contribution in [0.3, 0.4) is 0 Å². The molecule has 0 aromatic heterocycles. The highest BCUT2D eigenvalue weighted by Crippen LogP contribution is 2.24. The Morgan fingerprint density at radius 3 is 1.51 bits per heavy atom. The predicted octanol–water partition coefficient (Wildman–Crippen LogP) is -3.71. The Bertz CT molecular complexity index is 2960. The zero-order valence-electron chi connectivity index (χ0n) is 54.5. The standard InChI is InChI=1S/C63H98N18O13S/c1-37(2)33-45(57(89)74-41(53(68)85)27-32-95-3)73-52(84)36-72-54(86)46(34-38-15-6-4-7-16-38)78-58(90)47(35-39-17-8-5-9-18-39)79-56(88)42(23-25-50(66)82)75-55(87)43(24-26-51(67)83)76-59(91)49-22-14-31-81(49)62(94)44(20-10-11-28-64)77-60(92)48-21-13-30-80(48)61(93)40(65)19-12-29-71-63(69)70/h4-9,15-18,37,40-49H,10-14,19-36,64-65H2,1-3H3,(H2,66,82)(H2,67,83)(H2,68,85)(H,72,86)(H,73,84)(H,74,89)(H,75,87)(H,76,91)(H,77,92)(H,78,90)(H,79,88)(H4,69,70,71)/t40-,41+,42+,43+,44-,45+,46-,47-,48-,49-/m1/s1. The van der Waals surface area contributed by atoms with Crippen LogP contribution >= 0.6 is 11.8 Å². The van der Waals surface area contributed by atoms with Crippen LogP contribution < -0.4 is 82.7 Å². The molecule has 22 N–H and O–H groups in total. The van der Waals surface area contributed by atoms with Gasteiger partial charge in [-0.15, -0.1) is 0 Å². The highest BCUT2D eigenvalue weighted by molar-refractivity contribution is 7.98. The number of primary amides is 3. The summed E-state index contributed by atoms with van der Waals surface area (Å²) in [6.07, 6.45) is 3.12. The third-order valence-corrected chi connectivity index (χ3v) is 16.7. The van der Waals surface area contributed by atoms with Crippen LogP contribution in [0.4, 0.5) is 0 Å². The van der Waals surface area contributed by atoms with Gasteiger partial charge in [0.15, 0.2) is 5.96 Å². The van der Waals surface area contributed by atoms with Gasteiger partial charge in [0, 0.05) is 45.3 Å². The van der Waals surface area contributed by atoms with Gasteiger partial charge in [-0.25, -0.2) is 0 Å². The van der Waals surface area contributed by atoms with Crippen LogP contribution in [-0.2, 0) is 75.2 Å². The van der Waals surface area contributed by atoms with E-state index < -0.39 is 169 Å². The molecule has 10 atom stereocenters. The fourth-order valence-corrected chi connectivity index (χ4v) is 11.5. The average Bonchev–Trinajstić information content (AvgIpc) is 1.74. The van der Waals surface area contributed by atoms with Gasteiger partial charge in [0.25, 0.3) is 0 Å². The van der Waals surface area contributed by atoms with Crippen LogP contribution in [0.2, 0.25) is 0 Å². The first-order valence-electron chi connectivity index (χ1n) is 32.2. The number of hydrogen-bond acceptors (Lipinski definition) is 17. The molecule has 32 heteroatoms. The minimum Gasteiger partial charge on any atom is -0.370 e. The molecule has 2 saturated heterocycles. The zero-order chi connectivity index (χ0) is 70.1. The maximum absolute atomic E-state index is 14.7. The summed E-state index contributed by atoms with van der Waals surface area (Å²) in [5.74, 6) is -9.80. The number of benzene rings is 2. The number of nitrogens with one attached hydrogen (secondary N) is 8. The number of carbonyl (C=O) groups excluding carboxylic acids is 13. The second-order valence-corrected chi connectivity index (χ2v) is 25.1. The quantitative estimate of drug-likeness (QED) is 0.0173. The summed E-state index contributed by atoms with van der Waals surface area (Å²) in [7, 11) is 0. The summed E-state index contributed by atoms with van der Waals surface area (Å²) >= 11 is 1.45. The molecule has 2 aromatic carbocycles. The monoisotopic (exact) mass is 1350 g/mol. The van der Waals surface area contributed by atoms with Crippen LogP contribution in [0.5, 0.6) is 0 Å². The van der Waals surface area contributed by atoms with Crippen molar-refractivity contribution in [1.82, 2.24) is 52.3 Å². The summed E-state index contributed by atoms with van der Waals surface area (Å²) in [5.41, 5.74) is 40.6. The second kappa shape index (κ2) is 41.0. The van der Waals surface area contributed by atoms with E-state index in [0.29, 0.717) is 55.4 Å². The van der Waals surface area contributed by atoms with Crippen molar-refractivity contribution in [3.8, 4) is 0 Å². The number of nitrogens with two attached hydrogens (primary N) is 7. The van der Waals surface area contributed by atoms with Crippen LogP contribution in [0.25, 0.3) is 0 Å². The average molecular weight is 1350 g/mol. The molecule has 2 heterocycles. The first kappa shape index (κ1) is 78.5. The van der Waals surface area contributed by atoms with Crippen molar-refractivity contribution < 1.29 is 62.3 Å². The lowest BCUT2D eigenvalue weighted by Gasteiger charge is -2.32. The molecule has 95 heavy (non-hydrogen) atoms. The number of thioether (sulfide) groups is 1. The smallest absolute Gasteiger partial charge is 0.245 e. The summed E-state index contributed by atoms with van der Waals surface area (Å²) < 4.78 is 0. The van der Waals surface area contributed by atoms with E-state index in [1.807, 2.05) is 20.1 Å². The minimum absolute atomic E-state index is 0.0736. The molecule has 0 aliphatic carbocycles. The number of nitrogens with zero attached hydrogens (tertiary/aromatic N) is 3. The number of aliphatic imine (C=N–C) groups is 1. The Balaban J connectivity index is 1.56. The number of carbonyl (C=O) groups is 13. The maximum Gasteiger partial charge on any atom is 0.245 e. The van der Waals surface area contributed by atoms with Crippen LogP contribution in [0, 0.1) is 5.92 Å². The van der Waals surface area contributed by atoms with Gasteiger partial charge < -0.3 is 92.5 Å². The third kappa shape index (κ3) is 27.5. The number of unbranched alkanes of at least 4 members (excludes halogenated alkanes) is 1. The number of hydrogen-bond donors (Lipinski definition) is 15. The summed E-state index contributed by atoms with van der Waals surface area (Å²) in [4.78, 5) is 185. The van der Waals surface area contributed by atoms with E-state index in [1.165, 1.54) is 21.6 Å². The Morgan fingerprint density at radius 2 is 1.01 bits per heavy atom. The third-order valence-electron chi connectivity index (χ3n) is 16.0. The van der Waals surface area contributed by atoms with Crippen molar-refractivity contribution in [1.29, 1.82) is 0 Å². The van der Waals surface area contributed by atoms with E-state index in [-0.39, 0.29) is 83.0 Å². The zero-order valence-corrected chi connectivity index (χ0v) is 55.3. The van der Waals surface area contributed by atoms with Crippen molar-refractivity contribution >= 4 is 94.5 Å². The van der Waals surface area contributed by atoms with Gasteiger partial charge in [0.2, 0.25) is 76.8 Å². The van der Waals surface area contributed by atoms with Crippen molar-refractivity contribution in [2.75, 3.05) is 44.7 Å². The highest BCUT2D eigenvalue weighted by Gasteiger charge is 2.42. The molecule has 0 bridgehead atoms. The van der Waals surface area contributed by atoms with Crippen molar-refractivity contribution in [3.63, 3.8) is 0 Å². The topological polar surface area (TPSA) is 519 Å². The SMILES string of the molecule is CSCC[C@H](NC(=O)[C@H](CC(C)C)NC(=O)CNC(=O)[C@@H](Cc1ccccc1)NC(=O)[C@@H](Cc1ccccc1)NC(=O)[C@H](CCC(N)=O)NC(=O)[C@H](CCC(N)=O)NC(=O)[C@H]1CCCN1C(=O)[C@@H](CCCCN)NC(=O)[C@H]1CCCN1C(=O)[C@H](N)CCCN=C(N)N)C(N)=O. The van der Waals surface area contributed by atoms with Gasteiger partial charge in [0.05, 0.1) is 12.6 Å². The summed E-state index contributed by atoms with van der Waals surface area (Å²) in [6.45, 7) is 3.86. The molecule has 2 aliphatic heterocycles. The maximum atomic E-state index is 14.7. The summed E-state index contributed by atoms with van der Waals surface area (Å²) in [6, 6.07) is 4.51. The first-order chi connectivity index (χ1) is 45.2. The molecular formula is C63H98N18O13S. The Morgan fingerprint density at radius 1 is 0.537 bits per heavy atom. The molecule has 31 nitrogen and oxygen atoms in total. The van der Waals surface area contributed by atoms with E-state index in [0.717, 1.165) is 0 Å². The van der Waals surface area contributed by atoms with Crippen molar-refractivity contribution in [3.05, 3.63) is 71.8 Å². The lowest BCUT2D eigenvalue weighted by molar-refractivity contribution is -0.144. The number of likely N-dealkylation sites (tertiary alicyclic amines) is 2. The van der Waals surface area contributed by atoms with Crippen LogP contribution in [0.15, 0.2) is 65.7 Å². The van der Waals surface area contributed by atoms with E-state index in [1.54, 1.807) is 60.7 Å². The molecule has 0 radical (unpaired) electrons. The Labute approximate surface area is 558 Å². The second-order valence-electron chi connectivity index (χ2n) is 24.1. The first-order valence-corrected chi connectivity index (χ1v) is 33.6. The number of rotatable bonds is 42. The van der Waals surface area contributed by atoms with E-state index in [2.05, 4.69) is 47.5 Å². The Kier molecular flexibility index (Phi) is 33.9. The molecule has 0 unspecified atom stereocenters. The predicted molar refractivity (Wildman–Crippen MR) is 356 cm³/mol. The molecule has 2 fully saturated rings. The number of guanidine groups is 1. The molecule has 0 saturated carbocycles. The lowest BCUT2D eigenvalue weighted by Crippen LogP contribution is -2.60. The van der Waals surface area contributed by atoms with Gasteiger partial charge in [0.1, 0.15) is 54.4 Å². The van der Waals surface area contributed by atoms with Crippen molar-refractivity contribution in [2.45, 2.75) is 183 Å². The fraction of sp³-hybridized carbons (Fsp3) is 0.587. The largest absolute Gasteiger partial charge is 0.370 e.